The van der Waals surface area contributed by atoms with Gasteiger partial charge in [-0.3, -0.25) is 4.79 Å². The summed E-state index contributed by atoms with van der Waals surface area (Å²) in [6.07, 6.45) is 0. The lowest BCUT2D eigenvalue weighted by Crippen LogP contribution is -2.08. The van der Waals surface area contributed by atoms with Gasteiger partial charge in [0, 0.05) is 11.6 Å². The molecule has 0 unspecified atom stereocenters. The van der Waals surface area contributed by atoms with Crippen LogP contribution in [0.5, 0.6) is 28.7 Å². The van der Waals surface area contributed by atoms with Crippen LogP contribution in [0.2, 0.25) is 0 Å². The third kappa shape index (κ3) is 2.26. The van der Waals surface area contributed by atoms with Gasteiger partial charge in [-0.2, -0.15) is 0 Å². The lowest BCUT2D eigenvalue weighted by atomic mass is 10.1. The van der Waals surface area contributed by atoms with Gasteiger partial charge in [0.15, 0.2) is 17.1 Å². The molecule has 7 heteroatoms. The van der Waals surface area contributed by atoms with Crippen LogP contribution < -0.4 is 14.9 Å². The average Bonchev–Trinajstić information content (AvgIpc) is 2.55. The average molecular weight is 330 g/mol. The molecule has 3 rings (SSSR count). The minimum absolute atomic E-state index is 0.0497. The standard InChI is InChI=1S/C17H14O7/c1-22-15-11(20)7-10(19)12-13(21)17(23-2)14(24-16(12)15)8-3-5-9(18)6-4-8/h3-7,18-20H,1-2H3. The van der Waals surface area contributed by atoms with Gasteiger partial charge >= 0.3 is 0 Å². The molecule has 0 atom stereocenters. The second-order valence-electron chi connectivity index (χ2n) is 4.99. The van der Waals surface area contributed by atoms with Crippen LogP contribution in [0.25, 0.3) is 22.3 Å². The van der Waals surface area contributed by atoms with Crippen molar-refractivity contribution >= 4 is 11.0 Å². The molecule has 0 bridgehead atoms. The summed E-state index contributed by atoms with van der Waals surface area (Å²) in [4.78, 5) is 12.7. The molecule has 0 aliphatic heterocycles. The quantitative estimate of drug-likeness (QED) is 0.677. The molecule has 1 aromatic heterocycles. The van der Waals surface area contributed by atoms with Gasteiger partial charge in [-0.05, 0) is 24.3 Å². The van der Waals surface area contributed by atoms with Crippen molar-refractivity contribution in [3.8, 4) is 40.1 Å². The van der Waals surface area contributed by atoms with Crippen LogP contribution in [0.15, 0.2) is 39.5 Å². The Morgan fingerprint density at radius 2 is 1.54 bits per heavy atom. The maximum absolute atomic E-state index is 12.7. The zero-order chi connectivity index (χ0) is 17.4. The summed E-state index contributed by atoms with van der Waals surface area (Å²) in [6.45, 7) is 0. The third-order valence-electron chi connectivity index (χ3n) is 3.58. The number of ether oxygens (including phenoxy) is 2. The van der Waals surface area contributed by atoms with Crippen LogP contribution in [0.1, 0.15) is 0 Å². The fraction of sp³-hybridized carbons (Fsp3) is 0.118. The first-order valence-corrected chi connectivity index (χ1v) is 6.91. The second-order valence-corrected chi connectivity index (χ2v) is 4.99. The number of hydrogen-bond donors (Lipinski definition) is 3. The van der Waals surface area contributed by atoms with Crippen molar-refractivity contribution in [2.75, 3.05) is 14.2 Å². The highest BCUT2D eigenvalue weighted by atomic mass is 16.5. The molecular weight excluding hydrogens is 316 g/mol. The Morgan fingerprint density at radius 3 is 2.12 bits per heavy atom. The van der Waals surface area contributed by atoms with Gasteiger partial charge in [0.1, 0.15) is 16.9 Å². The van der Waals surface area contributed by atoms with Crippen molar-refractivity contribution in [2.45, 2.75) is 0 Å². The Bertz CT molecular complexity index is 971. The van der Waals surface area contributed by atoms with Crippen LogP contribution in [0, 0.1) is 0 Å². The van der Waals surface area contributed by atoms with E-state index < -0.39 is 11.2 Å². The molecule has 0 aliphatic carbocycles. The smallest absolute Gasteiger partial charge is 0.239 e. The van der Waals surface area contributed by atoms with Gasteiger partial charge in [0.05, 0.1) is 14.2 Å². The monoisotopic (exact) mass is 330 g/mol. The highest BCUT2D eigenvalue weighted by Crippen LogP contribution is 2.42. The number of methoxy groups -OCH3 is 2. The van der Waals surface area contributed by atoms with Gasteiger partial charge in [-0.15, -0.1) is 0 Å². The van der Waals surface area contributed by atoms with Crippen LogP contribution >= 0.6 is 0 Å². The Balaban J connectivity index is 2.46. The molecule has 24 heavy (non-hydrogen) atoms. The first-order valence-electron chi connectivity index (χ1n) is 6.91. The molecule has 0 aliphatic rings. The van der Waals surface area contributed by atoms with E-state index in [4.69, 9.17) is 13.9 Å². The first-order chi connectivity index (χ1) is 11.5. The molecule has 0 saturated carbocycles. The van der Waals surface area contributed by atoms with E-state index in [1.54, 1.807) is 0 Å². The normalized spacial score (nSPS) is 10.8. The minimum Gasteiger partial charge on any atom is -0.508 e. The molecule has 124 valence electrons. The molecule has 2 aromatic carbocycles. The van der Waals surface area contributed by atoms with Gasteiger partial charge in [0.25, 0.3) is 0 Å². The van der Waals surface area contributed by atoms with Gasteiger partial charge in [0.2, 0.25) is 16.9 Å². The van der Waals surface area contributed by atoms with Crippen molar-refractivity contribution < 1.29 is 29.2 Å². The zero-order valence-corrected chi connectivity index (χ0v) is 12.9. The maximum Gasteiger partial charge on any atom is 0.239 e. The predicted molar refractivity (Wildman–Crippen MR) is 86.0 cm³/mol. The van der Waals surface area contributed by atoms with E-state index in [0.29, 0.717) is 5.56 Å². The zero-order valence-electron chi connectivity index (χ0n) is 12.9. The van der Waals surface area contributed by atoms with Crippen molar-refractivity contribution in [3.63, 3.8) is 0 Å². The molecule has 0 amide bonds. The van der Waals surface area contributed by atoms with Crippen LogP contribution in [-0.2, 0) is 0 Å². The van der Waals surface area contributed by atoms with Crippen molar-refractivity contribution in [1.29, 1.82) is 0 Å². The Morgan fingerprint density at radius 1 is 0.917 bits per heavy atom. The molecule has 1 heterocycles. The first kappa shape index (κ1) is 15.5. The number of hydrogen-bond acceptors (Lipinski definition) is 7. The van der Waals surface area contributed by atoms with E-state index in [-0.39, 0.29) is 39.7 Å². The predicted octanol–water partition coefficient (Wildman–Crippen LogP) is 2.59. The minimum atomic E-state index is -0.613. The SMILES string of the molecule is COc1c(-c2ccc(O)cc2)oc2c(OC)c(O)cc(O)c2c1=O. The van der Waals surface area contributed by atoms with Crippen LogP contribution in [0.3, 0.4) is 0 Å². The summed E-state index contributed by atoms with van der Waals surface area (Å²) in [6, 6.07) is 6.93. The van der Waals surface area contributed by atoms with Crippen LogP contribution in [-0.4, -0.2) is 29.5 Å². The summed E-state index contributed by atoms with van der Waals surface area (Å²) in [5.41, 5.74) is -0.255. The molecule has 3 N–H and O–H groups in total. The van der Waals surface area contributed by atoms with E-state index in [1.165, 1.54) is 38.5 Å². The number of aromatic hydroxyl groups is 3. The highest BCUT2D eigenvalue weighted by molar-refractivity contribution is 5.93. The fourth-order valence-electron chi connectivity index (χ4n) is 2.48. The van der Waals surface area contributed by atoms with Gasteiger partial charge < -0.3 is 29.2 Å². The van der Waals surface area contributed by atoms with Gasteiger partial charge in [-0.25, -0.2) is 0 Å². The number of phenolic OH excluding ortho intramolecular Hbond substituents is 3. The Kier molecular flexibility index (Phi) is 3.69. The maximum atomic E-state index is 12.7. The number of benzene rings is 2. The van der Waals surface area contributed by atoms with E-state index in [1.807, 2.05) is 0 Å². The lowest BCUT2D eigenvalue weighted by Gasteiger charge is -2.12. The molecule has 0 saturated heterocycles. The summed E-state index contributed by atoms with van der Waals surface area (Å²) in [7, 11) is 2.60. The molecule has 7 nitrogen and oxygen atoms in total. The Hall–Kier alpha value is -3.35. The van der Waals surface area contributed by atoms with Crippen LogP contribution in [0.4, 0.5) is 0 Å². The number of phenols is 3. The fourth-order valence-corrected chi connectivity index (χ4v) is 2.48. The summed E-state index contributed by atoms with van der Waals surface area (Å²) in [5, 5.41) is 29.1. The van der Waals surface area contributed by atoms with Gasteiger partial charge in [-0.1, -0.05) is 0 Å². The van der Waals surface area contributed by atoms with E-state index in [0.717, 1.165) is 6.07 Å². The van der Waals surface area contributed by atoms with E-state index in [2.05, 4.69) is 0 Å². The van der Waals surface area contributed by atoms with Crippen molar-refractivity contribution in [3.05, 3.63) is 40.6 Å². The molecule has 0 spiro atoms. The topological polar surface area (TPSA) is 109 Å². The van der Waals surface area contributed by atoms with Crippen molar-refractivity contribution in [2.24, 2.45) is 0 Å². The molecular formula is C17H14O7. The molecule has 0 radical (unpaired) electrons. The van der Waals surface area contributed by atoms with Crippen molar-refractivity contribution in [1.82, 2.24) is 0 Å². The van der Waals surface area contributed by atoms with E-state index >= 15 is 0 Å². The van der Waals surface area contributed by atoms with E-state index in [9.17, 15) is 20.1 Å². The summed E-state index contributed by atoms with van der Waals surface area (Å²) >= 11 is 0. The largest absolute Gasteiger partial charge is 0.508 e. The third-order valence-corrected chi connectivity index (χ3v) is 3.58. The number of fused-ring (bicyclic) bond motifs is 1. The second kappa shape index (κ2) is 5.69. The summed E-state index contributed by atoms with van der Waals surface area (Å²) < 4.78 is 15.9. The molecule has 0 fully saturated rings. The Labute approximate surface area is 135 Å². The number of rotatable bonds is 3. The highest BCUT2D eigenvalue weighted by Gasteiger charge is 2.23. The summed E-state index contributed by atoms with van der Waals surface area (Å²) in [5.74, 6) is -0.883. The molecule has 3 aromatic rings. The lowest BCUT2D eigenvalue weighted by molar-refractivity contribution is 0.363.